The van der Waals surface area contributed by atoms with Gasteiger partial charge in [0.05, 0.1) is 30.8 Å². The van der Waals surface area contributed by atoms with Crippen LogP contribution in [-0.4, -0.2) is 30.7 Å². The number of hydrogen-bond acceptors (Lipinski definition) is 6. The van der Waals surface area contributed by atoms with Gasteiger partial charge in [0.1, 0.15) is 0 Å². The highest BCUT2D eigenvalue weighted by Gasteiger charge is 2.20. The van der Waals surface area contributed by atoms with E-state index in [4.69, 9.17) is 14.2 Å². The molecule has 0 saturated heterocycles. The van der Waals surface area contributed by atoms with Gasteiger partial charge in [0.15, 0.2) is 17.2 Å². The zero-order chi connectivity index (χ0) is 21.4. The van der Waals surface area contributed by atoms with Crippen LogP contribution in [0.1, 0.15) is 49.7 Å². The minimum Gasteiger partial charge on any atom is -0.490 e. The zero-order valence-corrected chi connectivity index (χ0v) is 17.1. The van der Waals surface area contributed by atoms with E-state index in [1.54, 1.807) is 13.0 Å². The van der Waals surface area contributed by atoms with Crippen LogP contribution < -0.4 is 19.5 Å². The summed E-state index contributed by atoms with van der Waals surface area (Å²) in [5.41, 5.74) is 0.764. The van der Waals surface area contributed by atoms with Crippen molar-refractivity contribution in [2.24, 2.45) is 0 Å². The van der Waals surface area contributed by atoms with Gasteiger partial charge in [-0.2, -0.15) is 0 Å². The lowest BCUT2D eigenvalue weighted by molar-refractivity contribution is -0.385. The summed E-state index contributed by atoms with van der Waals surface area (Å²) in [7, 11) is 0. The molecule has 8 heteroatoms. The molecule has 1 amide bonds. The highest BCUT2D eigenvalue weighted by atomic mass is 16.6. The van der Waals surface area contributed by atoms with Crippen LogP contribution >= 0.6 is 0 Å². The molecule has 156 valence electrons. The van der Waals surface area contributed by atoms with Crippen molar-refractivity contribution >= 4 is 11.6 Å². The van der Waals surface area contributed by atoms with E-state index in [0.29, 0.717) is 31.3 Å². The first kappa shape index (κ1) is 22.0. The van der Waals surface area contributed by atoms with Gasteiger partial charge < -0.3 is 19.5 Å². The van der Waals surface area contributed by atoms with Crippen LogP contribution in [0.25, 0.3) is 0 Å². The minimum absolute atomic E-state index is 0.134. The lowest BCUT2D eigenvalue weighted by Crippen LogP contribution is -2.26. The van der Waals surface area contributed by atoms with Gasteiger partial charge in [-0.3, -0.25) is 14.9 Å². The lowest BCUT2D eigenvalue weighted by atomic mass is 10.1. The lowest BCUT2D eigenvalue weighted by Gasteiger charge is -2.17. The van der Waals surface area contributed by atoms with Gasteiger partial charge in [0, 0.05) is 11.6 Å². The predicted molar refractivity (Wildman–Crippen MR) is 109 cm³/mol. The molecular weight excluding hydrogens is 376 g/mol. The molecule has 29 heavy (non-hydrogen) atoms. The second-order valence-corrected chi connectivity index (χ2v) is 6.14. The second kappa shape index (κ2) is 10.3. The van der Waals surface area contributed by atoms with Crippen molar-refractivity contribution in [3.05, 3.63) is 57.6 Å². The maximum atomic E-state index is 12.6. The number of nitrogens with zero attached hydrogens (tertiary/aromatic N) is 1. The van der Waals surface area contributed by atoms with Crippen LogP contribution in [0, 0.1) is 10.1 Å². The first-order chi connectivity index (χ1) is 13.9. The van der Waals surface area contributed by atoms with Crippen LogP contribution in [0.15, 0.2) is 36.4 Å². The van der Waals surface area contributed by atoms with Crippen molar-refractivity contribution in [1.82, 2.24) is 5.32 Å². The molecule has 0 aliphatic carbocycles. The van der Waals surface area contributed by atoms with Crippen molar-refractivity contribution in [3.8, 4) is 17.2 Å². The quantitative estimate of drug-likeness (QED) is 0.470. The molecule has 1 N–H and O–H groups in total. The van der Waals surface area contributed by atoms with Crippen LogP contribution in [0.5, 0.6) is 17.2 Å². The predicted octanol–water partition coefficient (Wildman–Crippen LogP) is 4.28. The van der Waals surface area contributed by atoms with Crippen molar-refractivity contribution in [2.45, 2.75) is 33.7 Å². The van der Waals surface area contributed by atoms with E-state index in [2.05, 4.69) is 5.32 Å². The van der Waals surface area contributed by atoms with Gasteiger partial charge in [-0.25, -0.2) is 0 Å². The summed E-state index contributed by atoms with van der Waals surface area (Å²) >= 11 is 0. The Kier molecular flexibility index (Phi) is 7.82. The largest absolute Gasteiger partial charge is 0.490 e. The third-order valence-corrected chi connectivity index (χ3v) is 4.13. The summed E-state index contributed by atoms with van der Waals surface area (Å²) in [6.45, 7) is 8.63. The number of nitrogens with one attached hydrogen (secondary N) is 1. The molecule has 1 atom stereocenters. The van der Waals surface area contributed by atoms with Gasteiger partial charge in [-0.05, 0) is 57.5 Å². The Morgan fingerprint density at radius 1 is 0.966 bits per heavy atom. The molecule has 0 aliphatic heterocycles. The van der Waals surface area contributed by atoms with E-state index in [1.807, 2.05) is 32.9 Å². The van der Waals surface area contributed by atoms with E-state index in [-0.39, 0.29) is 23.0 Å². The molecular formula is C21H26N2O6. The molecule has 0 fully saturated rings. The Hall–Kier alpha value is -3.29. The number of amides is 1. The summed E-state index contributed by atoms with van der Waals surface area (Å²) in [4.78, 5) is 23.3. The number of nitro groups is 1. The third kappa shape index (κ3) is 5.60. The van der Waals surface area contributed by atoms with E-state index >= 15 is 0 Å². The molecule has 0 spiro atoms. The molecule has 8 nitrogen and oxygen atoms in total. The number of carbonyl (C=O) groups is 1. The Balaban J connectivity index is 2.21. The molecule has 2 rings (SSSR count). The van der Waals surface area contributed by atoms with E-state index in [9.17, 15) is 14.9 Å². The van der Waals surface area contributed by atoms with Crippen molar-refractivity contribution in [3.63, 3.8) is 0 Å². The molecule has 2 aromatic carbocycles. The summed E-state index contributed by atoms with van der Waals surface area (Å²) in [5.74, 6) is 0.953. The summed E-state index contributed by atoms with van der Waals surface area (Å²) in [6, 6.07) is 9.28. The second-order valence-electron chi connectivity index (χ2n) is 6.14. The smallest absolute Gasteiger partial charge is 0.311 e. The molecule has 0 aromatic heterocycles. The van der Waals surface area contributed by atoms with Crippen molar-refractivity contribution in [2.75, 3.05) is 19.8 Å². The molecule has 0 bridgehead atoms. The van der Waals surface area contributed by atoms with Crippen LogP contribution in [0.3, 0.4) is 0 Å². The number of carbonyl (C=O) groups excluding carboxylic acids is 1. The van der Waals surface area contributed by atoms with Gasteiger partial charge in [0.25, 0.3) is 5.91 Å². The molecule has 2 aromatic rings. The van der Waals surface area contributed by atoms with E-state index < -0.39 is 10.8 Å². The Labute approximate surface area is 169 Å². The maximum absolute atomic E-state index is 12.6. The maximum Gasteiger partial charge on any atom is 0.311 e. The number of nitro benzene ring substituents is 1. The Bertz CT molecular complexity index is 868. The number of hydrogen-bond donors (Lipinski definition) is 1. The zero-order valence-electron chi connectivity index (χ0n) is 17.1. The van der Waals surface area contributed by atoms with Crippen molar-refractivity contribution < 1.29 is 23.9 Å². The average Bonchev–Trinajstić information content (AvgIpc) is 2.69. The molecule has 0 radical (unpaired) electrons. The fourth-order valence-corrected chi connectivity index (χ4v) is 2.78. The number of benzene rings is 2. The van der Waals surface area contributed by atoms with Crippen LogP contribution in [0.2, 0.25) is 0 Å². The molecule has 0 saturated carbocycles. The van der Waals surface area contributed by atoms with Gasteiger partial charge in [-0.1, -0.05) is 6.07 Å². The SMILES string of the molecule is CCOc1ccc([C@H](C)NC(=O)c2ccc(OCC)c([N+](=O)[O-])c2)cc1OCC. The molecule has 0 aliphatic rings. The first-order valence-corrected chi connectivity index (χ1v) is 9.52. The summed E-state index contributed by atoms with van der Waals surface area (Å²) < 4.78 is 16.4. The molecule has 0 heterocycles. The van der Waals surface area contributed by atoms with E-state index in [0.717, 1.165) is 5.56 Å². The third-order valence-electron chi connectivity index (χ3n) is 4.13. The van der Waals surface area contributed by atoms with E-state index in [1.165, 1.54) is 18.2 Å². The summed E-state index contributed by atoms with van der Waals surface area (Å²) in [5, 5.41) is 14.1. The van der Waals surface area contributed by atoms with Crippen LogP contribution in [-0.2, 0) is 0 Å². The molecule has 0 unspecified atom stereocenters. The average molecular weight is 402 g/mol. The van der Waals surface area contributed by atoms with Gasteiger partial charge >= 0.3 is 5.69 Å². The fraction of sp³-hybridized carbons (Fsp3) is 0.381. The van der Waals surface area contributed by atoms with Crippen LogP contribution in [0.4, 0.5) is 5.69 Å². The van der Waals surface area contributed by atoms with Gasteiger partial charge in [-0.15, -0.1) is 0 Å². The fourth-order valence-electron chi connectivity index (χ4n) is 2.78. The Morgan fingerprint density at radius 3 is 2.17 bits per heavy atom. The minimum atomic E-state index is -0.563. The monoisotopic (exact) mass is 402 g/mol. The topological polar surface area (TPSA) is 99.9 Å². The highest BCUT2D eigenvalue weighted by molar-refractivity contribution is 5.95. The first-order valence-electron chi connectivity index (χ1n) is 9.52. The summed E-state index contributed by atoms with van der Waals surface area (Å²) in [6.07, 6.45) is 0. The van der Waals surface area contributed by atoms with Gasteiger partial charge in [0.2, 0.25) is 0 Å². The number of ether oxygens (including phenoxy) is 3. The number of rotatable bonds is 10. The Morgan fingerprint density at radius 2 is 1.55 bits per heavy atom. The highest BCUT2D eigenvalue weighted by Crippen LogP contribution is 2.31. The normalized spacial score (nSPS) is 11.4. The standard InChI is InChI=1S/C21H26N2O6/c1-5-27-18-10-9-16(12-17(18)23(25)26)21(24)22-14(4)15-8-11-19(28-6-2)20(13-15)29-7-3/h8-14H,5-7H2,1-4H3,(H,22,24)/t14-/m0/s1. The van der Waals surface area contributed by atoms with Crippen molar-refractivity contribution in [1.29, 1.82) is 0 Å².